The lowest BCUT2D eigenvalue weighted by molar-refractivity contribution is 0.420. The minimum absolute atomic E-state index is 0.0673. The quantitative estimate of drug-likeness (QED) is 0.857. The van der Waals surface area contributed by atoms with Crippen LogP contribution in [0.1, 0.15) is 31.7 Å². The van der Waals surface area contributed by atoms with E-state index in [0.29, 0.717) is 24.3 Å². The molecule has 1 unspecified atom stereocenters. The Kier molecular flexibility index (Phi) is 3.07. The Hall–Kier alpha value is -1.36. The summed E-state index contributed by atoms with van der Waals surface area (Å²) in [5.41, 5.74) is 5.81. The van der Waals surface area contributed by atoms with Gasteiger partial charge in [0.2, 0.25) is 0 Å². The maximum Gasteiger partial charge on any atom is 0.293 e. The van der Waals surface area contributed by atoms with E-state index in [2.05, 4.69) is 9.88 Å². The molecule has 1 aromatic rings. The molecule has 5 nitrogen and oxygen atoms in total. The van der Waals surface area contributed by atoms with Gasteiger partial charge in [-0.2, -0.15) is 0 Å². The van der Waals surface area contributed by atoms with Gasteiger partial charge in [-0.15, -0.1) is 0 Å². The fourth-order valence-corrected chi connectivity index (χ4v) is 2.72. The van der Waals surface area contributed by atoms with Crippen molar-refractivity contribution < 1.29 is 0 Å². The van der Waals surface area contributed by atoms with Gasteiger partial charge in [0.15, 0.2) is 5.82 Å². The van der Waals surface area contributed by atoms with E-state index in [1.165, 1.54) is 0 Å². The zero-order valence-corrected chi connectivity index (χ0v) is 10.6. The molecule has 2 fully saturated rings. The lowest BCUT2D eigenvalue weighted by Gasteiger charge is -2.32. The van der Waals surface area contributed by atoms with Crippen LogP contribution in [0.2, 0.25) is 0 Å². The Bertz CT molecular complexity index is 480. The lowest BCUT2D eigenvalue weighted by atomic mass is 9.98. The number of nitrogens with zero attached hydrogens (tertiary/aromatic N) is 3. The van der Waals surface area contributed by atoms with E-state index in [9.17, 15) is 4.79 Å². The van der Waals surface area contributed by atoms with E-state index in [1.807, 2.05) is 10.8 Å². The largest absolute Gasteiger partial charge is 0.352 e. The predicted molar refractivity (Wildman–Crippen MR) is 70.8 cm³/mol. The molecule has 1 aromatic heterocycles. The molecule has 2 heterocycles. The third kappa shape index (κ3) is 2.14. The van der Waals surface area contributed by atoms with Crippen molar-refractivity contribution in [3.8, 4) is 0 Å². The molecule has 3 rings (SSSR count). The highest BCUT2D eigenvalue weighted by atomic mass is 16.1. The van der Waals surface area contributed by atoms with E-state index in [1.54, 1.807) is 6.20 Å². The zero-order chi connectivity index (χ0) is 12.5. The fraction of sp³-hybridized carbons (Fsp3) is 0.692. The number of aromatic nitrogens is 2. The third-order valence-corrected chi connectivity index (χ3v) is 3.94. The molecular weight excluding hydrogens is 228 g/mol. The van der Waals surface area contributed by atoms with Crippen molar-refractivity contribution in [3.63, 3.8) is 0 Å². The van der Waals surface area contributed by atoms with Crippen molar-refractivity contribution in [1.29, 1.82) is 0 Å². The normalized spacial score (nSPS) is 24.3. The highest BCUT2D eigenvalue weighted by Gasteiger charge is 2.27. The fourth-order valence-electron chi connectivity index (χ4n) is 2.72. The summed E-state index contributed by atoms with van der Waals surface area (Å²) in [6.07, 6.45) is 8.07. The molecule has 0 aromatic carbocycles. The molecule has 0 spiro atoms. The summed E-state index contributed by atoms with van der Waals surface area (Å²) < 4.78 is 1.84. The molecule has 2 N–H and O–H groups in total. The van der Waals surface area contributed by atoms with Crippen LogP contribution < -0.4 is 16.2 Å². The second kappa shape index (κ2) is 4.72. The van der Waals surface area contributed by atoms with Gasteiger partial charge in [0, 0.05) is 31.5 Å². The number of anilines is 1. The number of hydrogen-bond donors (Lipinski definition) is 1. The molecule has 5 heteroatoms. The maximum absolute atomic E-state index is 12.4. The summed E-state index contributed by atoms with van der Waals surface area (Å²) in [4.78, 5) is 18.8. The minimum Gasteiger partial charge on any atom is -0.352 e. The Labute approximate surface area is 107 Å². The van der Waals surface area contributed by atoms with Gasteiger partial charge >= 0.3 is 0 Å². The van der Waals surface area contributed by atoms with Crippen LogP contribution in [0.4, 0.5) is 5.82 Å². The number of piperidine rings is 1. The number of nitrogens with two attached hydrogens (primary N) is 1. The Morgan fingerprint density at radius 2 is 2.22 bits per heavy atom. The van der Waals surface area contributed by atoms with E-state index in [4.69, 9.17) is 5.73 Å². The number of rotatable bonds is 3. The first kappa shape index (κ1) is 11.7. The van der Waals surface area contributed by atoms with Gasteiger partial charge in [-0.3, -0.25) is 4.79 Å². The molecule has 0 amide bonds. The van der Waals surface area contributed by atoms with Crippen LogP contribution in [0.15, 0.2) is 17.2 Å². The first-order valence-electron chi connectivity index (χ1n) is 6.81. The van der Waals surface area contributed by atoms with Crippen molar-refractivity contribution in [2.75, 3.05) is 24.5 Å². The standard InChI is InChI=1S/C13H20N4O/c14-8-10-2-1-6-16(9-10)12-13(18)17(7-5-15-12)11-3-4-11/h5,7,10-11H,1-4,6,8-9,14H2. The molecule has 18 heavy (non-hydrogen) atoms. The number of hydrogen-bond acceptors (Lipinski definition) is 4. The Morgan fingerprint density at radius 1 is 1.39 bits per heavy atom. The maximum atomic E-state index is 12.4. The van der Waals surface area contributed by atoms with Gasteiger partial charge in [0.25, 0.3) is 5.56 Å². The van der Waals surface area contributed by atoms with Crippen LogP contribution in [0, 0.1) is 5.92 Å². The van der Waals surface area contributed by atoms with Crippen molar-refractivity contribution >= 4 is 5.82 Å². The highest BCUT2D eigenvalue weighted by molar-refractivity contribution is 5.36. The van der Waals surface area contributed by atoms with Crippen molar-refractivity contribution in [2.45, 2.75) is 31.7 Å². The molecule has 1 saturated heterocycles. The molecule has 0 radical (unpaired) electrons. The third-order valence-electron chi connectivity index (χ3n) is 3.94. The summed E-state index contributed by atoms with van der Waals surface area (Å²) >= 11 is 0. The van der Waals surface area contributed by atoms with Gasteiger partial charge in [0.05, 0.1) is 0 Å². The SMILES string of the molecule is NCC1CCCN(c2nccn(C3CC3)c2=O)C1. The molecule has 1 aliphatic heterocycles. The van der Waals surface area contributed by atoms with Crippen LogP contribution in [0.5, 0.6) is 0 Å². The van der Waals surface area contributed by atoms with Gasteiger partial charge in [-0.1, -0.05) is 0 Å². The smallest absolute Gasteiger partial charge is 0.293 e. The van der Waals surface area contributed by atoms with E-state index < -0.39 is 0 Å². The summed E-state index contributed by atoms with van der Waals surface area (Å²) in [5, 5.41) is 0. The predicted octanol–water partition coefficient (Wildman–Crippen LogP) is 0.753. The minimum atomic E-state index is 0.0673. The van der Waals surface area contributed by atoms with Gasteiger partial charge in [-0.05, 0) is 38.1 Å². The average molecular weight is 248 g/mol. The van der Waals surface area contributed by atoms with Gasteiger partial charge < -0.3 is 15.2 Å². The second-order valence-corrected chi connectivity index (χ2v) is 5.38. The van der Waals surface area contributed by atoms with Crippen LogP contribution in [-0.2, 0) is 0 Å². The zero-order valence-electron chi connectivity index (χ0n) is 10.6. The van der Waals surface area contributed by atoms with Crippen LogP contribution in [0.25, 0.3) is 0 Å². The summed E-state index contributed by atoms with van der Waals surface area (Å²) in [7, 11) is 0. The van der Waals surface area contributed by atoms with Gasteiger partial charge in [0.1, 0.15) is 0 Å². The highest BCUT2D eigenvalue weighted by Crippen LogP contribution is 2.33. The van der Waals surface area contributed by atoms with Crippen LogP contribution >= 0.6 is 0 Å². The van der Waals surface area contributed by atoms with Crippen LogP contribution in [-0.4, -0.2) is 29.2 Å². The summed E-state index contributed by atoms with van der Waals surface area (Å²) in [6.45, 7) is 2.49. The summed E-state index contributed by atoms with van der Waals surface area (Å²) in [5.74, 6) is 1.11. The molecule has 98 valence electrons. The molecule has 2 aliphatic rings. The molecular formula is C13H20N4O. The molecule has 1 saturated carbocycles. The first-order chi connectivity index (χ1) is 8.79. The average Bonchev–Trinajstić information content (AvgIpc) is 3.23. The van der Waals surface area contributed by atoms with Gasteiger partial charge in [-0.25, -0.2) is 4.98 Å². The monoisotopic (exact) mass is 248 g/mol. The lowest BCUT2D eigenvalue weighted by Crippen LogP contribution is -2.42. The molecule has 1 aliphatic carbocycles. The van der Waals surface area contributed by atoms with E-state index in [0.717, 1.165) is 38.8 Å². The van der Waals surface area contributed by atoms with Crippen molar-refractivity contribution in [3.05, 3.63) is 22.7 Å². The van der Waals surface area contributed by atoms with Crippen molar-refractivity contribution in [2.24, 2.45) is 11.7 Å². The Balaban J connectivity index is 1.87. The topological polar surface area (TPSA) is 64.2 Å². The summed E-state index contributed by atoms with van der Waals surface area (Å²) in [6, 6.07) is 0.411. The Morgan fingerprint density at radius 3 is 2.94 bits per heavy atom. The van der Waals surface area contributed by atoms with Crippen molar-refractivity contribution in [1.82, 2.24) is 9.55 Å². The molecule has 0 bridgehead atoms. The molecule has 1 atom stereocenters. The first-order valence-corrected chi connectivity index (χ1v) is 6.81. The second-order valence-electron chi connectivity index (χ2n) is 5.38. The van der Waals surface area contributed by atoms with E-state index in [-0.39, 0.29) is 5.56 Å². The van der Waals surface area contributed by atoms with Crippen LogP contribution in [0.3, 0.4) is 0 Å². The van der Waals surface area contributed by atoms with E-state index >= 15 is 0 Å².